The first-order valence-electron chi connectivity index (χ1n) is 6.07. The van der Waals surface area contributed by atoms with Crippen LogP contribution in [-0.4, -0.2) is 39.3 Å². The molecule has 21 heavy (non-hydrogen) atoms. The highest BCUT2D eigenvalue weighted by Gasteiger charge is 2.17. The Balaban J connectivity index is 2.60. The molecule has 1 unspecified atom stereocenters. The molecule has 0 fully saturated rings. The molecule has 0 heterocycles. The molecule has 0 spiro atoms. The lowest BCUT2D eigenvalue weighted by Crippen LogP contribution is -2.35. The maximum Gasteiger partial charge on any atom is 0.306 e. The molecule has 1 atom stereocenters. The van der Waals surface area contributed by atoms with Crippen molar-refractivity contribution in [1.82, 2.24) is 4.72 Å². The fraction of sp³-hybridized carbons (Fsp3) is 0.385. The highest BCUT2D eigenvalue weighted by atomic mass is 32.2. The Labute approximate surface area is 123 Å². The number of carboxylic acid groups (broad SMARTS) is 1. The molecule has 8 heteroatoms. The quantitative estimate of drug-likeness (QED) is 0.720. The predicted octanol–water partition coefficient (Wildman–Crippen LogP) is 0.467. The molecule has 0 aliphatic carbocycles. The molecule has 0 radical (unpaired) electrons. The molecule has 1 aromatic carbocycles. The first kappa shape index (κ1) is 17.1. The third-order valence-corrected chi connectivity index (χ3v) is 4.03. The van der Waals surface area contributed by atoms with Crippen molar-refractivity contribution < 1.29 is 23.1 Å². The summed E-state index contributed by atoms with van der Waals surface area (Å²) in [5, 5.41) is 17.3. The Morgan fingerprint density at radius 1 is 1.43 bits per heavy atom. The predicted molar refractivity (Wildman–Crippen MR) is 74.8 cm³/mol. The molecule has 0 aliphatic heterocycles. The lowest BCUT2D eigenvalue weighted by atomic mass is 10.2. The summed E-state index contributed by atoms with van der Waals surface area (Å²) >= 11 is 0. The van der Waals surface area contributed by atoms with Crippen molar-refractivity contribution in [2.24, 2.45) is 0 Å². The number of nitriles is 1. The van der Waals surface area contributed by atoms with E-state index in [0.29, 0.717) is 11.1 Å². The summed E-state index contributed by atoms with van der Waals surface area (Å²) in [6, 6.07) is 8.13. The lowest BCUT2D eigenvalue weighted by Gasteiger charge is -2.14. The Morgan fingerprint density at radius 2 is 2.05 bits per heavy atom. The van der Waals surface area contributed by atoms with E-state index < -0.39 is 22.1 Å². The van der Waals surface area contributed by atoms with Gasteiger partial charge in [-0.15, -0.1) is 0 Å². The van der Waals surface area contributed by atoms with Crippen molar-refractivity contribution in [3.05, 3.63) is 35.4 Å². The van der Waals surface area contributed by atoms with Gasteiger partial charge in [-0.25, -0.2) is 13.1 Å². The smallest absolute Gasteiger partial charge is 0.306 e. The van der Waals surface area contributed by atoms with Gasteiger partial charge in [0.15, 0.2) is 0 Å². The van der Waals surface area contributed by atoms with Crippen LogP contribution in [-0.2, 0) is 25.3 Å². The largest absolute Gasteiger partial charge is 0.481 e. The second-order valence-electron chi connectivity index (χ2n) is 4.37. The molecule has 2 N–H and O–H groups in total. The number of rotatable bonds is 8. The van der Waals surface area contributed by atoms with Crippen LogP contribution in [0.5, 0.6) is 0 Å². The van der Waals surface area contributed by atoms with Gasteiger partial charge in [-0.1, -0.05) is 12.1 Å². The van der Waals surface area contributed by atoms with E-state index >= 15 is 0 Å². The van der Waals surface area contributed by atoms with Crippen molar-refractivity contribution in [3.8, 4) is 6.07 Å². The summed E-state index contributed by atoms with van der Waals surface area (Å²) in [5.74, 6) is -1.31. The van der Waals surface area contributed by atoms with E-state index in [4.69, 9.17) is 15.1 Å². The van der Waals surface area contributed by atoms with Crippen LogP contribution in [0.1, 0.15) is 17.5 Å². The normalized spacial score (nSPS) is 12.6. The number of aliphatic carboxylic acids is 1. The van der Waals surface area contributed by atoms with Crippen LogP contribution >= 0.6 is 0 Å². The number of carbonyl (C=O) groups is 1. The Kier molecular flexibility index (Phi) is 6.30. The minimum atomic E-state index is -3.60. The number of nitrogens with zero attached hydrogens (tertiary/aromatic N) is 1. The number of hydrogen-bond acceptors (Lipinski definition) is 5. The molecule has 1 aromatic rings. The molecule has 0 amide bonds. The molecule has 0 saturated carbocycles. The number of benzene rings is 1. The Morgan fingerprint density at radius 3 is 2.52 bits per heavy atom. The van der Waals surface area contributed by atoms with E-state index in [1.165, 1.54) is 19.2 Å². The summed E-state index contributed by atoms with van der Waals surface area (Å²) in [5.41, 5.74) is 0.985. The first-order valence-corrected chi connectivity index (χ1v) is 7.72. The molecule has 114 valence electrons. The Bertz CT molecular complexity index is 619. The van der Waals surface area contributed by atoms with Crippen LogP contribution in [0.2, 0.25) is 0 Å². The zero-order valence-corrected chi connectivity index (χ0v) is 12.3. The molecule has 1 rings (SSSR count). The van der Waals surface area contributed by atoms with Crippen LogP contribution in [0.25, 0.3) is 0 Å². The average Bonchev–Trinajstić information content (AvgIpc) is 2.43. The van der Waals surface area contributed by atoms with Gasteiger partial charge in [0, 0.05) is 13.7 Å². The van der Waals surface area contributed by atoms with Gasteiger partial charge in [0.05, 0.1) is 29.9 Å². The topological polar surface area (TPSA) is 116 Å². The van der Waals surface area contributed by atoms with E-state index in [0.717, 1.165) is 0 Å². The number of methoxy groups -OCH3 is 1. The third-order valence-electron chi connectivity index (χ3n) is 2.71. The van der Waals surface area contributed by atoms with Crippen LogP contribution in [0.3, 0.4) is 0 Å². The maximum atomic E-state index is 11.9. The van der Waals surface area contributed by atoms with Gasteiger partial charge in [-0.3, -0.25) is 4.79 Å². The molecular formula is C13H16N2O5S. The number of sulfonamides is 1. The zero-order valence-electron chi connectivity index (χ0n) is 11.4. The van der Waals surface area contributed by atoms with Crippen LogP contribution in [0, 0.1) is 11.3 Å². The van der Waals surface area contributed by atoms with Crippen molar-refractivity contribution in [2.75, 3.05) is 13.7 Å². The first-order chi connectivity index (χ1) is 9.86. The van der Waals surface area contributed by atoms with Gasteiger partial charge >= 0.3 is 5.97 Å². The van der Waals surface area contributed by atoms with Gasteiger partial charge in [0.2, 0.25) is 10.0 Å². The standard InChI is InChI=1S/C13H16N2O5S/c1-20-12(6-13(16)17)8-15-21(18,19)9-11-4-2-10(7-14)3-5-11/h2-5,12,15H,6,8-9H2,1H3,(H,16,17). The lowest BCUT2D eigenvalue weighted by molar-refractivity contribution is -0.139. The van der Waals surface area contributed by atoms with Gasteiger partial charge in [0.25, 0.3) is 0 Å². The maximum absolute atomic E-state index is 11.9. The second kappa shape index (κ2) is 7.73. The van der Waals surface area contributed by atoms with E-state index in [9.17, 15) is 13.2 Å². The van der Waals surface area contributed by atoms with E-state index in [-0.39, 0.29) is 18.7 Å². The number of nitrogens with one attached hydrogen (secondary N) is 1. The molecule has 0 bridgehead atoms. The van der Waals surface area contributed by atoms with Gasteiger partial charge in [0.1, 0.15) is 0 Å². The van der Waals surface area contributed by atoms with Crippen molar-refractivity contribution in [2.45, 2.75) is 18.3 Å². The molecule has 7 nitrogen and oxygen atoms in total. The summed E-state index contributed by atoms with van der Waals surface area (Å²) in [6.45, 7) is -0.110. The van der Waals surface area contributed by atoms with Crippen molar-refractivity contribution >= 4 is 16.0 Å². The average molecular weight is 312 g/mol. The summed E-state index contributed by atoms with van der Waals surface area (Å²) in [4.78, 5) is 10.6. The highest BCUT2D eigenvalue weighted by Crippen LogP contribution is 2.07. The highest BCUT2D eigenvalue weighted by molar-refractivity contribution is 7.88. The van der Waals surface area contributed by atoms with Crippen LogP contribution in [0.4, 0.5) is 0 Å². The summed E-state index contributed by atoms with van der Waals surface area (Å²) < 4.78 is 31.0. The summed E-state index contributed by atoms with van der Waals surface area (Å²) in [7, 11) is -2.28. The number of ether oxygens (including phenoxy) is 1. The van der Waals surface area contributed by atoms with E-state index in [1.807, 2.05) is 6.07 Å². The minimum absolute atomic E-state index is 0.110. The fourth-order valence-corrected chi connectivity index (χ4v) is 2.77. The van der Waals surface area contributed by atoms with E-state index in [2.05, 4.69) is 4.72 Å². The van der Waals surface area contributed by atoms with Gasteiger partial charge in [-0.05, 0) is 17.7 Å². The molecular weight excluding hydrogens is 296 g/mol. The van der Waals surface area contributed by atoms with Crippen LogP contribution in [0.15, 0.2) is 24.3 Å². The minimum Gasteiger partial charge on any atom is -0.481 e. The number of hydrogen-bond donors (Lipinski definition) is 2. The fourth-order valence-electron chi connectivity index (χ4n) is 1.60. The molecule has 0 aliphatic rings. The SMILES string of the molecule is COC(CNS(=O)(=O)Cc1ccc(C#N)cc1)CC(=O)O. The Hall–Kier alpha value is -1.95. The van der Waals surface area contributed by atoms with Crippen molar-refractivity contribution in [3.63, 3.8) is 0 Å². The third kappa shape index (κ3) is 6.35. The second-order valence-corrected chi connectivity index (χ2v) is 6.18. The zero-order chi connectivity index (χ0) is 15.9. The van der Waals surface area contributed by atoms with Gasteiger partial charge in [-0.2, -0.15) is 5.26 Å². The number of carboxylic acids is 1. The molecule has 0 saturated heterocycles. The monoisotopic (exact) mass is 312 g/mol. The molecule has 0 aromatic heterocycles. The summed E-state index contributed by atoms with van der Waals surface area (Å²) in [6.07, 6.45) is -1.01. The van der Waals surface area contributed by atoms with Crippen molar-refractivity contribution in [1.29, 1.82) is 5.26 Å². The van der Waals surface area contributed by atoms with E-state index in [1.54, 1.807) is 12.1 Å². The van der Waals surface area contributed by atoms with Crippen LogP contribution < -0.4 is 4.72 Å². The van der Waals surface area contributed by atoms with Gasteiger partial charge < -0.3 is 9.84 Å².